The third kappa shape index (κ3) is 4.36. The maximum atomic E-state index is 9.88. The standard InChI is InChI=1S/C25H23Cl2N3O/c1-15(2)30-13-18(11-16-3-7-19(26)8-4-16)24-22(14-30)23(21(12-28)25(29)31-24)17-5-9-20(27)10-6-17/h3-11,15,23H,13-14,29H2,1-2H3. The summed E-state index contributed by atoms with van der Waals surface area (Å²) >= 11 is 12.2. The largest absolute Gasteiger partial charge is 0.440 e. The Balaban J connectivity index is 1.88. The zero-order valence-electron chi connectivity index (χ0n) is 17.4. The summed E-state index contributed by atoms with van der Waals surface area (Å²) in [5, 5.41) is 11.2. The van der Waals surface area contributed by atoms with Gasteiger partial charge in [-0.25, -0.2) is 0 Å². The van der Waals surface area contributed by atoms with Crippen LogP contribution in [0.5, 0.6) is 0 Å². The second-order valence-corrected chi connectivity index (χ2v) is 8.92. The highest BCUT2D eigenvalue weighted by atomic mass is 35.5. The molecule has 158 valence electrons. The van der Waals surface area contributed by atoms with Gasteiger partial charge in [0.05, 0.1) is 5.92 Å². The van der Waals surface area contributed by atoms with E-state index in [0.29, 0.717) is 28.2 Å². The summed E-state index contributed by atoms with van der Waals surface area (Å²) in [6.45, 7) is 5.75. The zero-order valence-corrected chi connectivity index (χ0v) is 18.9. The lowest BCUT2D eigenvalue weighted by Crippen LogP contribution is -2.41. The van der Waals surface area contributed by atoms with E-state index in [1.54, 1.807) is 0 Å². The Morgan fingerprint density at radius 3 is 2.26 bits per heavy atom. The average molecular weight is 452 g/mol. The summed E-state index contributed by atoms with van der Waals surface area (Å²) in [6.07, 6.45) is 2.10. The quantitative estimate of drug-likeness (QED) is 0.634. The Bertz CT molecular complexity index is 1120. The minimum atomic E-state index is -0.277. The van der Waals surface area contributed by atoms with Crippen molar-refractivity contribution in [3.05, 3.63) is 98.1 Å². The van der Waals surface area contributed by atoms with Crippen molar-refractivity contribution in [3.63, 3.8) is 0 Å². The maximum absolute atomic E-state index is 9.88. The number of rotatable bonds is 3. The van der Waals surface area contributed by atoms with Gasteiger partial charge in [-0.3, -0.25) is 4.90 Å². The molecule has 0 saturated heterocycles. The molecule has 0 spiro atoms. The van der Waals surface area contributed by atoms with Gasteiger partial charge in [-0.2, -0.15) is 5.26 Å². The number of nitriles is 1. The van der Waals surface area contributed by atoms with Crippen molar-refractivity contribution < 1.29 is 4.74 Å². The summed E-state index contributed by atoms with van der Waals surface area (Å²) < 4.78 is 6.07. The van der Waals surface area contributed by atoms with Gasteiger partial charge >= 0.3 is 0 Å². The van der Waals surface area contributed by atoms with E-state index in [-0.39, 0.29) is 11.8 Å². The van der Waals surface area contributed by atoms with Crippen molar-refractivity contribution in [2.24, 2.45) is 5.73 Å². The topological polar surface area (TPSA) is 62.3 Å². The number of hydrogen-bond acceptors (Lipinski definition) is 4. The lowest BCUT2D eigenvalue weighted by atomic mass is 9.80. The second-order valence-electron chi connectivity index (χ2n) is 8.05. The van der Waals surface area contributed by atoms with E-state index in [9.17, 15) is 5.26 Å². The number of allylic oxidation sites excluding steroid dienone is 1. The summed E-state index contributed by atoms with van der Waals surface area (Å²) in [5.41, 5.74) is 10.7. The van der Waals surface area contributed by atoms with Crippen LogP contribution in [0.3, 0.4) is 0 Å². The molecule has 1 unspecified atom stereocenters. The first-order chi connectivity index (χ1) is 14.9. The first-order valence-electron chi connectivity index (χ1n) is 10.1. The molecule has 0 aliphatic carbocycles. The van der Waals surface area contributed by atoms with E-state index >= 15 is 0 Å². The fourth-order valence-corrected chi connectivity index (χ4v) is 4.31. The van der Waals surface area contributed by atoms with Crippen molar-refractivity contribution in [2.45, 2.75) is 25.8 Å². The van der Waals surface area contributed by atoms with Crippen molar-refractivity contribution in [1.82, 2.24) is 4.90 Å². The SMILES string of the molecule is CC(C)N1CC(=Cc2ccc(Cl)cc2)C2=C(C1)C(c1ccc(Cl)cc1)C(C#N)=C(N)O2. The summed E-state index contributed by atoms with van der Waals surface area (Å²) in [5.74, 6) is 0.630. The van der Waals surface area contributed by atoms with E-state index in [1.807, 2.05) is 48.5 Å². The predicted octanol–water partition coefficient (Wildman–Crippen LogP) is 5.86. The highest BCUT2D eigenvalue weighted by molar-refractivity contribution is 6.30. The third-order valence-electron chi connectivity index (χ3n) is 5.71. The van der Waals surface area contributed by atoms with Gasteiger partial charge in [-0.1, -0.05) is 47.5 Å². The molecule has 0 radical (unpaired) electrons. The molecule has 4 rings (SSSR count). The maximum Gasteiger partial charge on any atom is 0.205 e. The molecule has 2 aliphatic heterocycles. The van der Waals surface area contributed by atoms with Gasteiger partial charge < -0.3 is 10.5 Å². The van der Waals surface area contributed by atoms with Crippen molar-refractivity contribution in [1.29, 1.82) is 5.26 Å². The molecule has 0 fully saturated rings. The summed E-state index contributed by atoms with van der Waals surface area (Å²) in [6, 6.07) is 17.9. The van der Waals surface area contributed by atoms with Gasteiger partial charge in [0, 0.05) is 34.7 Å². The van der Waals surface area contributed by atoms with Crippen LogP contribution < -0.4 is 5.73 Å². The highest BCUT2D eigenvalue weighted by Crippen LogP contribution is 2.44. The third-order valence-corrected chi connectivity index (χ3v) is 6.21. The lowest BCUT2D eigenvalue weighted by molar-refractivity contribution is 0.208. The number of nitrogens with zero attached hydrogens (tertiary/aromatic N) is 2. The molecule has 2 aromatic rings. The van der Waals surface area contributed by atoms with Gasteiger partial charge in [-0.05, 0) is 60.9 Å². The molecule has 2 aromatic carbocycles. The molecular weight excluding hydrogens is 429 g/mol. The van der Waals surface area contributed by atoms with Crippen LogP contribution in [-0.2, 0) is 4.74 Å². The Morgan fingerprint density at radius 2 is 1.68 bits per heavy atom. The summed E-state index contributed by atoms with van der Waals surface area (Å²) in [7, 11) is 0. The van der Waals surface area contributed by atoms with Crippen molar-refractivity contribution in [3.8, 4) is 6.07 Å². The molecule has 0 amide bonds. The molecule has 0 aromatic heterocycles. The van der Waals surface area contributed by atoms with Gasteiger partial charge in [0.15, 0.2) is 0 Å². The van der Waals surface area contributed by atoms with Crippen LogP contribution >= 0.6 is 23.2 Å². The van der Waals surface area contributed by atoms with Crippen LogP contribution in [0.15, 0.2) is 76.9 Å². The van der Waals surface area contributed by atoms with Crippen LogP contribution in [0.2, 0.25) is 10.0 Å². The van der Waals surface area contributed by atoms with E-state index in [0.717, 1.165) is 34.6 Å². The minimum Gasteiger partial charge on any atom is -0.440 e. The monoisotopic (exact) mass is 451 g/mol. The van der Waals surface area contributed by atoms with E-state index < -0.39 is 0 Å². The second kappa shape index (κ2) is 8.80. The Morgan fingerprint density at radius 1 is 1.06 bits per heavy atom. The first kappa shape index (κ1) is 21.5. The number of ether oxygens (including phenoxy) is 1. The van der Waals surface area contributed by atoms with Crippen LogP contribution in [-0.4, -0.2) is 24.0 Å². The van der Waals surface area contributed by atoms with Gasteiger partial charge in [0.2, 0.25) is 5.88 Å². The fraction of sp³-hybridized carbons (Fsp3) is 0.240. The molecule has 4 nitrogen and oxygen atoms in total. The van der Waals surface area contributed by atoms with Gasteiger partial charge in [0.25, 0.3) is 0 Å². The zero-order chi connectivity index (χ0) is 22.1. The number of hydrogen-bond donors (Lipinski definition) is 1. The Hall–Kier alpha value is -2.71. The van der Waals surface area contributed by atoms with Crippen molar-refractivity contribution in [2.75, 3.05) is 13.1 Å². The van der Waals surface area contributed by atoms with Gasteiger partial charge in [0.1, 0.15) is 17.4 Å². The molecule has 1 atom stereocenters. The molecule has 6 heteroatoms. The molecule has 0 bridgehead atoms. The molecule has 31 heavy (non-hydrogen) atoms. The average Bonchev–Trinajstić information content (AvgIpc) is 2.75. The lowest BCUT2D eigenvalue weighted by Gasteiger charge is -2.39. The summed E-state index contributed by atoms with van der Waals surface area (Å²) in [4.78, 5) is 2.36. The first-order valence-corrected chi connectivity index (χ1v) is 10.9. The normalized spacial score (nSPS) is 20.6. The Labute approximate surface area is 192 Å². The van der Waals surface area contributed by atoms with Crippen LogP contribution in [0.1, 0.15) is 30.9 Å². The molecule has 0 saturated carbocycles. The van der Waals surface area contributed by atoms with Gasteiger partial charge in [-0.15, -0.1) is 0 Å². The number of nitrogens with two attached hydrogens (primary N) is 1. The van der Waals surface area contributed by atoms with E-state index in [4.69, 9.17) is 33.7 Å². The van der Waals surface area contributed by atoms with E-state index in [1.165, 1.54) is 0 Å². The number of halogens is 2. The minimum absolute atomic E-state index is 0.154. The highest BCUT2D eigenvalue weighted by Gasteiger charge is 2.38. The fourth-order valence-electron chi connectivity index (χ4n) is 4.06. The molecule has 2 heterocycles. The van der Waals surface area contributed by atoms with Crippen LogP contribution in [0.4, 0.5) is 0 Å². The Kier molecular flexibility index (Phi) is 6.11. The van der Waals surface area contributed by atoms with Crippen LogP contribution in [0.25, 0.3) is 6.08 Å². The molecular formula is C25H23Cl2N3O. The number of benzene rings is 2. The molecule has 2 aliphatic rings. The predicted molar refractivity (Wildman–Crippen MR) is 125 cm³/mol. The smallest absolute Gasteiger partial charge is 0.205 e. The van der Waals surface area contributed by atoms with E-state index in [2.05, 4.69) is 30.9 Å². The molecule has 2 N–H and O–H groups in total. The van der Waals surface area contributed by atoms with Crippen molar-refractivity contribution >= 4 is 29.3 Å². The van der Waals surface area contributed by atoms with Crippen LogP contribution in [0, 0.1) is 11.3 Å².